The van der Waals surface area contributed by atoms with Crippen LogP contribution < -0.4 is 5.32 Å². The predicted molar refractivity (Wildman–Crippen MR) is 90.7 cm³/mol. The molecule has 1 N–H and O–H groups in total. The lowest BCUT2D eigenvalue weighted by atomic mass is 9.87. The van der Waals surface area contributed by atoms with E-state index in [1.165, 1.54) is 36.1 Å². The van der Waals surface area contributed by atoms with Gasteiger partial charge in [0.1, 0.15) is 0 Å². The third kappa shape index (κ3) is 4.26. The van der Waals surface area contributed by atoms with Crippen LogP contribution in [0.25, 0.3) is 0 Å². The highest BCUT2D eigenvalue weighted by molar-refractivity contribution is 8.00. The summed E-state index contributed by atoms with van der Waals surface area (Å²) in [7, 11) is 0. The van der Waals surface area contributed by atoms with Crippen LogP contribution in [0, 0.1) is 0 Å². The Morgan fingerprint density at radius 2 is 1.85 bits per heavy atom. The molecule has 2 atom stereocenters. The van der Waals surface area contributed by atoms with E-state index in [0.29, 0.717) is 6.04 Å². The normalized spacial score (nSPS) is 23.2. The fourth-order valence-corrected chi connectivity index (χ4v) is 4.16. The molecule has 2 rings (SSSR count). The molecule has 0 spiro atoms. The first kappa shape index (κ1) is 15.9. The van der Waals surface area contributed by atoms with Gasteiger partial charge < -0.3 is 5.32 Å². The monoisotopic (exact) mass is 291 g/mol. The minimum Gasteiger partial charge on any atom is -0.313 e. The summed E-state index contributed by atoms with van der Waals surface area (Å²) in [5, 5.41) is 4.47. The smallest absolute Gasteiger partial charge is 0.0248 e. The van der Waals surface area contributed by atoms with Crippen molar-refractivity contribution >= 4 is 11.8 Å². The van der Waals surface area contributed by atoms with Crippen molar-refractivity contribution in [2.45, 2.75) is 75.0 Å². The Morgan fingerprint density at radius 1 is 1.15 bits per heavy atom. The number of nitrogens with one attached hydrogen (secondary N) is 1. The van der Waals surface area contributed by atoms with Crippen molar-refractivity contribution in [1.82, 2.24) is 5.32 Å². The van der Waals surface area contributed by atoms with Crippen molar-refractivity contribution in [3.63, 3.8) is 0 Å². The standard InChI is InChI=1S/C18H29NS/c1-5-13-19-16-7-6-8-17(16)20-15-11-9-14(10-12-15)18(2,3)4/h9-12,16-17,19H,5-8,13H2,1-4H3. The van der Waals surface area contributed by atoms with Crippen LogP contribution in [0.3, 0.4) is 0 Å². The Kier molecular flexibility index (Phi) is 5.57. The van der Waals surface area contributed by atoms with Gasteiger partial charge in [-0.25, -0.2) is 0 Å². The van der Waals surface area contributed by atoms with Gasteiger partial charge in [0.2, 0.25) is 0 Å². The molecule has 20 heavy (non-hydrogen) atoms. The molecule has 0 amide bonds. The zero-order chi connectivity index (χ0) is 14.6. The maximum Gasteiger partial charge on any atom is 0.0248 e. The molecule has 1 aromatic carbocycles. The van der Waals surface area contributed by atoms with Crippen molar-refractivity contribution in [3.8, 4) is 0 Å². The van der Waals surface area contributed by atoms with E-state index < -0.39 is 0 Å². The number of benzene rings is 1. The minimum atomic E-state index is 0.252. The third-order valence-electron chi connectivity index (χ3n) is 4.12. The Morgan fingerprint density at radius 3 is 2.45 bits per heavy atom. The van der Waals surface area contributed by atoms with E-state index in [4.69, 9.17) is 0 Å². The maximum atomic E-state index is 3.72. The molecule has 112 valence electrons. The first-order valence-corrected chi connectivity index (χ1v) is 8.89. The van der Waals surface area contributed by atoms with Crippen LogP contribution in [0.15, 0.2) is 29.2 Å². The van der Waals surface area contributed by atoms with Crippen LogP contribution in [0.5, 0.6) is 0 Å². The maximum absolute atomic E-state index is 3.72. The van der Waals surface area contributed by atoms with Crippen molar-refractivity contribution < 1.29 is 0 Å². The number of rotatable bonds is 5. The molecule has 1 aliphatic rings. The molecule has 1 fully saturated rings. The SMILES string of the molecule is CCCNC1CCCC1Sc1ccc(C(C)(C)C)cc1. The van der Waals surface area contributed by atoms with Crippen LogP contribution in [-0.2, 0) is 5.41 Å². The number of hydrogen-bond donors (Lipinski definition) is 1. The first-order chi connectivity index (χ1) is 9.50. The van der Waals surface area contributed by atoms with Gasteiger partial charge in [-0.3, -0.25) is 0 Å². The molecule has 0 saturated heterocycles. The summed E-state index contributed by atoms with van der Waals surface area (Å²) in [6.45, 7) is 10.2. The average molecular weight is 292 g/mol. The van der Waals surface area contributed by atoms with Crippen molar-refractivity contribution in [3.05, 3.63) is 29.8 Å². The fourth-order valence-electron chi connectivity index (χ4n) is 2.84. The Balaban J connectivity index is 1.95. The van der Waals surface area contributed by atoms with E-state index in [1.807, 2.05) is 0 Å². The molecule has 2 unspecified atom stereocenters. The van der Waals surface area contributed by atoms with E-state index in [-0.39, 0.29) is 5.41 Å². The van der Waals surface area contributed by atoms with Gasteiger partial charge >= 0.3 is 0 Å². The average Bonchev–Trinajstić information content (AvgIpc) is 2.83. The van der Waals surface area contributed by atoms with Gasteiger partial charge in [0, 0.05) is 16.2 Å². The molecule has 0 aliphatic heterocycles. The van der Waals surface area contributed by atoms with Crippen LogP contribution in [0.2, 0.25) is 0 Å². The van der Waals surface area contributed by atoms with Crippen LogP contribution in [-0.4, -0.2) is 17.8 Å². The van der Waals surface area contributed by atoms with Crippen molar-refractivity contribution in [2.24, 2.45) is 0 Å². The van der Waals surface area contributed by atoms with E-state index in [9.17, 15) is 0 Å². The van der Waals surface area contributed by atoms with Gasteiger partial charge in [0.25, 0.3) is 0 Å². The first-order valence-electron chi connectivity index (χ1n) is 8.01. The van der Waals surface area contributed by atoms with E-state index >= 15 is 0 Å². The highest BCUT2D eigenvalue weighted by atomic mass is 32.2. The van der Waals surface area contributed by atoms with Crippen LogP contribution >= 0.6 is 11.8 Å². The van der Waals surface area contributed by atoms with Gasteiger partial charge in [0.15, 0.2) is 0 Å². The molecule has 2 heteroatoms. The second-order valence-electron chi connectivity index (χ2n) is 6.92. The summed E-state index contributed by atoms with van der Waals surface area (Å²) in [5.41, 5.74) is 1.68. The number of hydrogen-bond acceptors (Lipinski definition) is 2. The summed E-state index contributed by atoms with van der Waals surface area (Å²) in [4.78, 5) is 1.42. The molecule has 0 radical (unpaired) electrons. The minimum absolute atomic E-state index is 0.252. The lowest BCUT2D eigenvalue weighted by molar-refractivity contribution is 0.531. The predicted octanol–water partition coefficient (Wildman–Crippen LogP) is 5.00. The highest BCUT2D eigenvalue weighted by Gasteiger charge is 2.27. The molecule has 0 bridgehead atoms. The molecule has 1 aliphatic carbocycles. The second-order valence-corrected chi connectivity index (χ2v) is 8.23. The summed E-state index contributed by atoms with van der Waals surface area (Å²) in [5.74, 6) is 0. The topological polar surface area (TPSA) is 12.0 Å². The van der Waals surface area contributed by atoms with Crippen molar-refractivity contribution in [2.75, 3.05) is 6.54 Å². The highest BCUT2D eigenvalue weighted by Crippen LogP contribution is 2.36. The van der Waals surface area contributed by atoms with E-state index in [2.05, 4.69) is 69.0 Å². The third-order valence-corrected chi connectivity index (χ3v) is 5.53. The Bertz CT molecular complexity index is 404. The Hall–Kier alpha value is -0.470. The van der Waals surface area contributed by atoms with Gasteiger partial charge in [-0.15, -0.1) is 11.8 Å². The molecule has 1 saturated carbocycles. The summed E-state index contributed by atoms with van der Waals surface area (Å²) in [6.07, 6.45) is 5.30. The molecular formula is C18H29NS. The molecule has 1 nitrogen and oxygen atoms in total. The van der Waals surface area contributed by atoms with E-state index in [1.54, 1.807) is 0 Å². The molecule has 1 aromatic rings. The summed E-state index contributed by atoms with van der Waals surface area (Å²) >= 11 is 2.07. The quantitative estimate of drug-likeness (QED) is 0.819. The molecular weight excluding hydrogens is 262 g/mol. The number of thioether (sulfide) groups is 1. The second kappa shape index (κ2) is 7.00. The molecule has 0 heterocycles. The zero-order valence-corrected chi connectivity index (χ0v) is 14.2. The fraction of sp³-hybridized carbons (Fsp3) is 0.667. The zero-order valence-electron chi connectivity index (χ0n) is 13.4. The van der Waals surface area contributed by atoms with Gasteiger partial charge in [-0.1, -0.05) is 46.2 Å². The Labute approximate surface area is 128 Å². The largest absolute Gasteiger partial charge is 0.313 e. The summed E-state index contributed by atoms with van der Waals surface area (Å²) < 4.78 is 0. The van der Waals surface area contributed by atoms with Crippen LogP contribution in [0.1, 0.15) is 58.9 Å². The summed E-state index contributed by atoms with van der Waals surface area (Å²) in [6, 6.07) is 9.92. The lowest BCUT2D eigenvalue weighted by Crippen LogP contribution is -2.34. The van der Waals surface area contributed by atoms with Crippen LogP contribution in [0.4, 0.5) is 0 Å². The molecule has 0 aromatic heterocycles. The van der Waals surface area contributed by atoms with Gasteiger partial charge in [-0.05, 0) is 48.9 Å². The van der Waals surface area contributed by atoms with Crippen molar-refractivity contribution in [1.29, 1.82) is 0 Å². The lowest BCUT2D eigenvalue weighted by Gasteiger charge is -2.22. The van der Waals surface area contributed by atoms with Gasteiger partial charge in [0.05, 0.1) is 0 Å². The van der Waals surface area contributed by atoms with E-state index in [0.717, 1.165) is 11.8 Å². The van der Waals surface area contributed by atoms with Gasteiger partial charge in [-0.2, -0.15) is 0 Å².